The maximum absolute atomic E-state index is 13.3. The summed E-state index contributed by atoms with van der Waals surface area (Å²) in [5, 5.41) is 3.41. The molecule has 1 aromatic carbocycles. The molecule has 2 fully saturated rings. The van der Waals surface area contributed by atoms with Gasteiger partial charge in [-0.15, -0.1) is 24.8 Å². The Morgan fingerprint density at radius 2 is 1.90 bits per heavy atom. The summed E-state index contributed by atoms with van der Waals surface area (Å²) in [5.74, 6) is 0.774. The number of aryl methyl sites for hydroxylation is 1. The van der Waals surface area contributed by atoms with Gasteiger partial charge in [-0.1, -0.05) is 18.9 Å². The Hall–Kier alpha value is -0.350. The number of rotatable bonds is 4. The Morgan fingerprint density at radius 3 is 2.48 bits per heavy atom. The van der Waals surface area contributed by atoms with Crippen molar-refractivity contribution in [3.8, 4) is 0 Å². The molecular weight excluding hydrogens is 310 g/mol. The molecule has 1 saturated carbocycles. The van der Waals surface area contributed by atoms with E-state index < -0.39 is 0 Å². The van der Waals surface area contributed by atoms with Gasteiger partial charge in [0.1, 0.15) is 5.82 Å². The number of hydrogen-bond acceptors (Lipinski definition) is 2. The zero-order valence-corrected chi connectivity index (χ0v) is 14.1. The van der Waals surface area contributed by atoms with Crippen LogP contribution < -0.4 is 5.32 Å². The first kappa shape index (κ1) is 18.7. The van der Waals surface area contributed by atoms with Crippen molar-refractivity contribution in [3.63, 3.8) is 0 Å². The van der Waals surface area contributed by atoms with Crippen LogP contribution in [0.25, 0.3) is 0 Å². The van der Waals surface area contributed by atoms with Crippen molar-refractivity contribution >= 4 is 24.8 Å². The summed E-state index contributed by atoms with van der Waals surface area (Å²) in [7, 11) is 0. The maximum atomic E-state index is 13.3. The second-order valence-electron chi connectivity index (χ2n) is 5.98. The zero-order chi connectivity index (χ0) is 13.2. The molecular formula is C16H25Cl2FN2. The number of nitrogens with zero attached hydrogens (tertiary/aromatic N) is 1. The van der Waals surface area contributed by atoms with E-state index in [1.165, 1.54) is 24.8 Å². The summed E-state index contributed by atoms with van der Waals surface area (Å²) in [6.45, 7) is 6.39. The summed E-state index contributed by atoms with van der Waals surface area (Å²) in [6, 6.07) is 5.77. The third-order valence-electron chi connectivity index (χ3n) is 4.44. The molecule has 0 radical (unpaired) electrons. The molecule has 1 aliphatic heterocycles. The van der Waals surface area contributed by atoms with Crippen LogP contribution in [0.2, 0.25) is 0 Å². The van der Waals surface area contributed by atoms with E-state index in [2.05, 4.69) is 10.2 Å². The summed E-state index contributed by atoms with van der Waals surface area (Å²) in [5.41, 5.74) is 2.43. The van der Waals surface area contributed by atoms with Crippen molar-refractivity contribution in [2.45, 2.75) is 32.2 Å². The van der Waals surface area contributed by atoms with Crippen molar-refractivity contribution in [2.75, 3.05) is 26.2 Å². The molecule has 1 N–H and O–H groups in total. The summed E-state index contributed by atoms with van der Waals surface area (Å²) in [6.07, 6.45) is 4.00. The molecule has 1 aromatic rings. The SMILES string of the molecule is Cc1cc(F)ccc1[C@@H](CC1CC1)N1CCNCC1.Cl.Cl. The van der Waals surface area contributed by atoms with E-state index in [4.69, 9.17) is 0 Å². The lowest BCUT2D eigenvalue weighted by Gasteiger charge is -2.36. The first-order valence-electron chi connectivity index (χ1n) is 7.45. The number of piperazine rings is 1. The van der Waals surface area contributed by atoms with Gasteiger partial charge in [0.2, 0.25) is 0 Å². The highest BCUT2D eigenvalue weighted by atomic mass is 35.5. The largest absolute Gasteiger partial charge is 0.314 e. The van der Waals surface area contributed by atoms with Crippen LogP contribution in [0.15, 0.2) is 18.2 Å². The number of benzene rings is 1. The third-order valence-corrected chi connectivity index (χ3v) is 4.44. The van der Waals surface area contributed by atoms with E-state index >= 15 is 0 Å². The Morgan fingerprint density at radius 1 is 1.24 bits per heavy atom. The van der Waals surface area contributed by atoms with Gasteiger partial charge in [0.25, 0.3) is 0 Å². The molecule has 0 unspecified atom stereocenters. The van der Waals surface area contributed by atoms with Gasteiger partial charge in [-0.05, 0) is 42.5 Å². The highest BCUT2D eigenvalue weighted by Gasteiger charge is 2.31. The van der Waals surface area contributed by atoms with Crippen LogP contribution in [-0.2, 0) is 0 Å². The van der Waals surface area contributed by atoms with Gasteiger partial charge in [0.15, 0.2) is 0 Å². The normalized spacial score (nSPS) is 20.3. The molecule has 2 nitrogen and oxygen atoms in total. The number of nitrogens with one attached hydrogen (secondary N) is 1. The monoisotopic (exact) mass is 334 g/mol. The van der Waals surface area contributed by atoms with Crippen LogP contribution in [0.3, 0.4) is 0 Å². The average molecular weight is 335 g/mol. The molecule has 120 valence electrons. The fraction of sp³-hybridized carbons (Fsp3) is 0.625. The summed E-state index contributed by atoms with van der Waals surface area (Å²) >= 11 is 0. The van der Waals surface area contributed by atoms with E-state index in [0.29, 0.717) is 6.04 Å². The minimum Gasteiger partial charge on any atom is -0.314 e. The number of hydrogen-bond donors (Lipinski definition) is 1. The smallest absolute Gasteiger partial charge is 0.123 e. The van der Waals surface area contributed by atoms with Crippen LogP contribution in [-0.4, -0.2) is 31.1 Å². The van der Waals surface area contributed by atoms with Crippen LogP contribution in [0.5, 0.6) is 0 Å². The molecule has 0 aromatic heterocycles. The lowest BCUT2D eigenvalue weighted by atomic mass is 9.95. The van der Waals surface area contributed by atoms with Gasteiger partial charge in [-0.3, -0.25) is 4.90 Å². The van der Waals surface area contributed by atoms with E-state index in [1.54, 1.807) is 12.1 Å². The van der Waals surface area contributed by atoms with Gasteiger partial charge in [-0.25, -0.2) is 4.39 Å². The van der Waals surface area contributed by atoms with Crippen LogP contribution in [0.1, 0.15) is 36.4 Å². The first-order valence-corrected chi connectivity index (χ1v) is 7.45. The van der Waals surface area contributed by atoms with Gasteiger partial charge in [0, 0.05) is 32.2 Å². The Kier molecular flexibility index (Phi) is 7.41. The molecule has 1 heterocycles. The van der Waals surface area contributed by atoms with Crippen LogP contribution in [0.4, 0.5) is 4.39 Å². The molecule has 1 saturated heterocycles. The van der Waals surface area contributed by atoms with Gasteiger partial charge >= 0.3 is 0 Å². The topological polar surface area (TPSA) is 15.3 Å². The molecule has 5 heteroatoms. The van der Waals surface area contributed by atoms with Crippen LogP contribution in [0, 0.1) is 18.7 Å². The molecule has 0 spiro atoms. The van der Waals surface area contributed by atoms with Gasteiger partial charge in [0.05, 0.1) is 0 Å². The molecule has 2 aliphatic rings. The van der Waals surface area contributed by atoms with Crippen molar-refractivity contribution in [1.29, 1.82) is 0 Å². The fourth-order valence-corrected chi connectivity index (χ4v) is 3.15. The van der Waals surface area contributed by atoms with Gasteiger partial charge in [-0.2, -0.15) is 0 Å². The van der Waals surface area contributed by atoms with Crippen LogP contribution >= 0.6 is 24.8 Å². The first-order chi connectivity index (χ1) is 9.24. The Labute approximate surface area is 139 Å². The summed E-state index contributed by atoms with van der Waals surface area (Å²) < 4.78 is 13.3. The fourth-order valence-electron chi connectivity index (χ4n) is 3.15. The predicted octanol–water partition coefficient (Wildman–Crippen LogP) is 3.72. The lowest BCUT2D eigenvalue weighted by molar-refractivity contribution is 0.160. The van der Waals surface area contributed by atoms with Crippen molar-refractivity contribution in [3.05, 3.63) is 35.1 Å². The minimum absolute atomic E-state index is 0. The third kappa shape index (κ3) is 4.82. The quantitative estimate of drug-likeness (QED) is 0.902. The second-order valence-corrected chi connectivity index (χ2v) is 5.98. The summed E-state index contributed by atoms with van der Waals surface area (Å²) in [4.78, 5) is 2.58. The molecule has 1 aliphatic carbocycles. The molecule has 0 amide bonds. The predicted molar refractivity (Wildman–Crippen MR) is 90.2 cm³/mol. The van der Waals surface area contributed by atoms with E-state index in [-0.39, 0.29) is 30.6 Å². The standard InChI is InChI=1S/C16H23FN2.2ClH/c1-12-10-14(17)4-5-15(12)16(11-13-2-3-13)19-8-6-18-7-9-19;;/h4-5,10,13,16,18H,2-3,6-9,11H2,1H3;2*1H/t16-;;/m1../s1. The molecule has 0 bridgehead atoms. The van der Waals surface area contributed by atoms with E-state index in [0.717, 1.165) is 37.7 Å². The van der Waals surface area contributed by atoms with E-state index in [9.17, 15) is 4.39 Å². The highest BCUT2D eigenvalue weighted by molar-refractivity contribution is 5.85. The maximum Gasteiger partial charge on any atom is 0.123 e. The Balaban J connectivity index is 0.00000110. The zero-order valence-electron chi connectivity index (χ0n) is 12.5. The minimum atomic E-state index is -0.119. The lowest BCUT2D eigenvalue weighted by Crippen LogP contribution is -2.45. The van der Waals surface area contributed by atoms with Gasteiger partial charge < -0.3 is 5.32 Å². The van der Waals surface area contributed by atoms with Crippen molar-refractivity contribution in [1.82, 2.24) is 10.2 Å². The van der Waals surface area contributed by atoms with E-state index in [1.807, 2.05) is 13.0 Å². The number of halogens is 3. The molecule has 3 rings (SSSR count). The van der Waals surface area contributed by atoms with Crippen molar-refractivity contribution < 1.29 is 4.39 Å². The average Bonchev–Trinajstić information content (AvgIpc) is 3.22. The van der Waals surface area contributed by atoms with Crippen molar-refractivity contribution in [2.24, 2.45) is 5.92 Å². The highest BCUT2D eigenvalue weighted by Crippen LogP contribution is 2.40. The Bertz CT molecular complexity index is 446. The molecule has 1 atom stereocenters. The second kappa shape index (κ2) is 8.33. The molecule has 21 heavy (non-hydrogen) atoms.